The van der Waals surface area contributed by atoms with Gasteiger partial charge in [-0.05, 0) is 26.3 Å². The lowest BCUT2D eigenvalue weighted by Crippen LogP contribution is -2.31. The summed E-state index contributed by atoms with van der Waals surface area (Å²) in [6.07, 6.45) is 2.33. The van der Waals surface area contributed by atoms with Gasteiger partial charge in [0.25, 0.3) is 0 Å². The Labute approximate surface area is 76.2 Å². The molecule has 1 fully saturated rings. The number of H-pyrrole nitrogens is 1. The van der Waals surface area contributed by atoms with Crippen molar-refractivity contribution in [3.63, 3.8) is 0 Å². The Bertz CT molecular complexity index is 334. The molecule has 13 heavy (non-hydrogen) atoms. The molecule has 5 heteroatoms. The third kappa shape index (κ3) is 1.80. The molecule has 1 unspecified atom stereocenters. The van der Waals surface area contributed by atoms with Gasteiger partial charge in [-0.1, -0.05) is 0 Å². The van der Waals surface area contributed by atoms with Crippen molar-refractivity contribution in [1.29, 1.82) is 0 Å². The van der Waals surface area contributed by atoms with Gasteiger partial charge in [0.05, 0.1) is 6.54 Å². The van der Waals surface area contributed by atoms with E-state index in [0.717, 1.165) is 13.0 Å². The van der Waals surface area contributed by atoms with Crippen LogP contribution in [-0.4, -0.2) is 27.4 Å². The Morgan fingerprint density at radius 2 is 2.54 bits per heavy atom. The van der Waals surface area contributed by atoms with Crippen LogP contribution in [0.2, 0.25) is 0 Å². The summed E-state index contributed by atoms with van der Waals surface area (Å²) in [6, 6.07) is 0.417. The quantitative estimate of drug-likeness (QED) is 0.656. The monoisotopic (exact) mass is 182 g/mol. The van der Waals surface area contributed by atoms with Crippen LogP contribution in [0.3, 0.4) is 0 Å². The van der Waals surface area contributed by atoms with Gasteiger partial charge in [-0.25, -0.2) is 9.48 Å². The van der Waals surface area contributed by atoms with Gasteiger partial charge >= 0.3 is 5.69 Å². The molecule has 72 valence electrons. The molecule has 1 aromatic heterocycles. The van der Waals surface area contributed by atoms with Crippen molar-refractivity contribution in [2.45, 2.75) is 32.4 Å². The van der Waals surface area contributed by atoms with Gasteiger partial charge in [0.1, 0.15) is 5.82 Å². The van der Waals surface area contributed by atoms with Crippen molar-refractivity contribution in [1.82, 2.24) is 20.1 Å². The lowest BCUT2D eigenvalue weighted by atomic mass is 10.2. The average molecular weight is 182 g/mol. The predicted octanol–water partition coefficient (Wildman–Crippen LogP) is -0.368. The van der Waals surface area contributed by atoms with Crippen LogP contribution in [0.4, 0.5) is 0 Å². The topological polar surface area (TPSA) is 62.7 Å². The van der Waals surface area contributed by atoms with Crippen molar-refractivity contribution in [2.24, 2.45) is 0 Å². The normalized spacial score (nSPS) is 22.4. The van der Waals surface area contributed by atoms with Crippen molar-refractivity contribution in [3.05, 3.63) is 16.3 Å². The first-order valence-corrected chi connectivity index (χ1v) is 4.63. The highest BCUT2D eigenvalue weighted by Gasteiger charge is 2.15. The molecule has 0 aliphatic carbocycles. The number of hydrogen-bond donors (Lipinski definition) is 2. The van der Waals surface area contributed by atoms with E-state index >= 15 is 0 Å². The van der Waals surface area contributed by atoms with E-state index in [4.69, 9.17) is 0 Å². The number of aromatic amines is 1. The highest BCUT2D eigenvalue weighted by molar-refractivity contribution is 4.80. The summed E-state index contributed by atoms with van der Waals surface area (Å²) in [4.78, 5) is 13.9. The van der Waals surface area contributed by atoms with Gasteiger partial charge in [-0.2, -0.15) is 5.10 Å². The molecule has 0 saturated carbocycles. The molecule has 2 rings (SSSR count). The van der Waals surface area contributed by atoms with Crippen molar-refractivity contribution < 1.29 is 0 Å². The van der Waals surface area contributed by atoms with Crippen molar-refractivity contribution in [2.75, 3.05) is 6.54 Å². The number of nitrogens with zero attached hydrogens (tertiary/aromatic N) is 2. The summed E-state index contributed by atoms with van der Waals surface area (Å²) in [7, 11) is 0. The highest BCUT2D eigenvalue weighted by Crippen LogP contribution is 2.05. The lowest BCUT2D eigenvalue weighted by molar-refractivity contribution is 0.464. The highest BCUT2D eigenvalue weighted by atomic mass is 16.1. The molecule has 2 N–H and O–H groups in total. The maximum Gasteiger partial charge on any atom is 0.343 e. The van der Waals surface area contributed by atoms with Crippen LogP contribution in [0, 0.1) is 6.92 Å². The minimum Gasteiger partial charge on any atom is -0.312 e. The van der Waals surface area contributed by atoms with Crippen molar-refractivity contribution >= 4 is 0 Å². The zero-order valence-corrected chi connectivity index (χ0v) is 7.71. The molecule has 5 nitrogen and oxygen atoms in total. The average Bonchev–Trinajstić information content (AvgIpc) is 2.63. The number of aromatic nitrogens is 3. The molecule has 1 atom stereocenters. The van der Waals surface area contributed by atoms with E-state index in [9.17, 15) is 4.79 Å². The molecular formula is C8H14N4O. The Morgan fingerprint density at radius 3 is 3.08 bits per heavy atom. The molecular weight excluding hydrogens is 168 g/mol. The molecule has 1 aliphatic rings. The summed E-state index contributed by atoms with van der Waals surface area (Å²) >= 11 is 0. The van der Waals surface area contributed by atoms with Crippen LogP contribution in [0.15, 0.2) is 4.79 Å². The summed E-state index contributed by atoms with van der Waals surface area (Å²) < 4.78 is 1.50. The van der Waals surface area contributed by atoms with Gasteiger partial charge in [-0.15, -0.1) is 0 Å². The molecule has 0 spiro atoms. The van der Waals surface area contributed by atoms with E-state index in [0.29, 0.717) is 18.4 Å². The Kier molecular flexibility index (Phi) is 2.18. The molecule has 1 aliphatic heterocycles. The second kappa shape index (κ2) is 3.33. The fourth-order valence-corrected chi connectivity index (χ4v) is 1.72. The zero-order chi connectivity index (χ0) is 9.26. The zero-order valence-electron chi connectivity index (χ0n) is 7.71. The molecule has 0 radical (unpaired) electrons. The summed E-state index contributed by atoms with van der Waals surface area (Å²) in [5.41, 5.74) is -0.105. The molecule has 1 aromatic rings. The Hall–Kier alpha value is -1.10. The number of aryl methyl sites for hydroxylation is 1. The standard InChI is InChI=1S/C8H14N4O/c1-6-10-8(13)12(11-6)5-7-3-2-4-9-7/h7,9H,2-5H2,1H3,(H,10,11,13). The second-order valence-electron chi connectivity index (χ2n) is 3.49. The van der Waals surface area contributed by atoms with Crippen LogP contribution in [0.5, 0.6) is 0 Å². The summed E-state index contributed by atoms with van der Waals surface area (Å²) in [6.45, 7) is 3.53. The number of nitrogens with one attached hydrogen (secondary N) is 2. The first-order chi connectivity index (χ1) is 6.25. The van der Waals surface area contributed by atoms with Crippen LogP contribution in [0.1, 0.15) is 18.7 Å². The third-order valence-corrected chi connectivity index (χ3v) is 2.35. The fourth-order valence-electron chi connectivity index (χ4n) is 1.72. The fraction of sp³-hybridized carbons (Fsp3) is 0.750. The predicted molar refractivity (Wildman–Crippen MR) is 48.6 cm³/mol. The van der Waals surface area contributed by atoms with Crippen LogP contribution in [-0.2, 0) is 6.54 Å². The maximum atomic E-state index is 11.2. The SMILES string of the molecule is Cc1nn(CC2CCCN2)c(=O)[nH]1. The summed E-state index contributed by atoms with van der Waals surface area (Å²) in [5, 5.41) is 7.41. The summed E-state index contributed by atoms with van der Waals surface area (Å²) in [5.74, 6) is 0.683. The Morgan fingerprint density at radius 1 is 1.69 bits per heavy atom. The lowest BCUT2D eigenvalue weighted by Gasteiger charge is -2.07. The van der Waals surface area contributed by atoms with E-state index in [2.05, 4.69) is 15.4 Å². The van der Waals surface area contributed by atoms with Crippen molar-refractivity contribution in [3.8, 4) is 0 Å². The smallest absolute Gasteiger partial charge is 0.312 e. The third-order valence-electron chi connectivity index (χ3n) is 2.35. The van der Waals surface area contributed by atoms with Crippen LogP contribution in [0.25, 0.3) is 0 Å². The molecule has 0 amide bonds. The van der Waals surface area contributed by atoms with E-state index in [1.165, 1.54) is 11.1 Å². The van der Waals surface area contributed by atoms with E-state index in [1.807, 2.05) is 0 Å². The minimum atomic E-state index is -0.105. The van der Waals surface area contributed by atoms with Gasteiger partial charge in [0, 0.05) is 6.04 Å². The maximum absolute atomic E-state index is 11.2. The molecule has 1 saturated heterocycles. The molecule has 0 bridgehead atoms. The van der Waals surface area contributed by atoms with Gasteiger partial charge in [0.15, 0.2) is 0 Å². The second-order valence-corrected chi connectivity index (χ2v) is 3.49. The molecule has 2 heterocycles. The largest absolute Gasteiger partial charge is 0.343 e. The van der Waals surface area contributed by atoms with Gasteiger partial charge < -0.3 is 5.32 Å². The van der Waals surface area contributed by atoms with Gasteiger partial charge in [0.2, 0.25) is 0 Å². The van der Waals surface area contributed by atoms with E-state index in [-0.39, 0.29) is 5.69 Å². The van der Waals surface area contributed by atoms with Crippen LogP contribution < -0.4 is 11.0 Å². The first-order valence-electron chi connectivity index (χ1n) is 4.63. The van der Waals surface area contributed by atoms with Crippen LogP contribution >= 0.6 is 0 Å². The van der Waals surface area contributed by atoms with E-state index < -0.39 is 0 Å². The number of hydrogen-bond acceptors (Lipinski definition) is 3. The Balaban J connectivity index is 2.08. The van der Waals surface area contributed by atoms with Gasteiger partial charge in [-0.3, -0.25) is 4.98 Å². The first kappa shape index (κ1) is 8.50. The molecule has 0 aromatic carbocycles. The minimum absolute atomic E-state index is 0.105. The van der Waals surface area contributed by atoms with E-state index in [1.54, 1.807) is 6.92 Å². The number of rotatable bonds is 2.